The largest absolute Gasteiger partial charge is 0.497 e. The van der Waals surface area contributed by atoms with Gasteiger partial charge in [-0.15, -0.1) is 5.10 Å². The second-order valence-corrected chi connectivity index (χ2v) is 6.51. The molecular weight excluding hydrogens is 358 g/mol. The Bertz CT molecular complexity index is 921. The van der Waals surface area contributed by atoms with Crippen LogP contribution in [-0.2, 0) is 6.61 Å². The Labute approximate surface area is 162 Å². The predicted octanol–water partition coefficient (Wildman–Crippen LogP) is 2.95. The van der Waals surface area contributed by atoms with Gasteiger partial charge in [-0.2, -0.15) is 0 Å². The molecule has 1 aromatic heterocycles. The van der Waals surface area contributed by atoms with Gasteiger partial charge in [0.15, 0.2) is 0 Å². The van der Waals surface area contributed by atoms with Gasteiger partial charge in [0.2, 0.25) is 0 Å². The van der Waals surface area contributed by atoms with Crippen molar-refractivity contribution in [3.8, 4) is 11.5 Å². The molecule has 0 unspecified atom stereocenters. The van der Waals surface area contributed by atoms with Crippen LogP contribution in [0.2, 0.25) is 0 Å². The summed E-state index contributed by atoms with van der Waals surface area (Å²) < 4.78 is 12.6. The number of ether oxygens (including phenoxy) is 2. The van der Waals surface area contributed by atoms with Crippen LogP contribution in [0.1, 0.15) is 11.7 Å². The van der Waals surface area contributed by atoms with Crippen molar-refractivity contribution in [2.45, 2.75) is 12.6 Å². The maximum Gasteiger partial charge on any atom is 0.321 e. The molecule has 4 rings (SSSR count). The molecule has 0 spiro atoms. The van der Waals surface area contributed by atoms with Crippen LogP contribution >= 0.6 is 0 Å². The summed E-state index contributed by atoms with van der Waals surface area (Å²) in [5.74, 6) is 1.54. The highest BCUT2D eigenvalue weighted by Crippen LogP contribution is 2.22. The molecule has 0 bridgehead atoms. The smallest absolute Gasteiger partial charge is 0.321 e. The molecule has 1 N–H and O–H groups in total. The third-order valence-electron chi connectivity index (χ3n) is 4.55. The zero-order chi connectivity index (χ0) is 19.3. The van der Waals surface area contributed by atoms with E-state index in [1.165, 1.54) is 0 Å². The molecule has 0 saturated carbocycles. The number of aromatic nitrogens is 3. The fraction of sp³-hybridized carbons (Fsp3) is 0.250. The zero-order valence-electron chi connectivity index (χ0n) is 15.5. The first-order valence-corrected chi connectivity index (χ1v) is 9.00. The van der Waals surface area contributed by atoms with Crippen LogP contribution in [-0.4, -0.2) is 46.1 Å². The van der Waals surface area contributed by atoms with E-state index in [9.17, 15) is 4.79 Å². The Morgan fingerprint density at radius 2 is 1.86 bits per heavy atom. The molecule has 3 aromatic rings. The third-order valence-corrected chi connectivity index (χ3v) is 4.55. The number of methoxy groups -OCH3 is 1. The zero-order valence-corrected chi connectivity index (χ0v) is 15.5. The van der Waals surface area contributed by atoms with Gasteiger partial charge in [-0.25, -0.2) is 9.48 Å². The summed E-state index contributed by atoms with van der Waals surface area (Å²) in [6, 6.07) is 16.8. The standard InChI is InChI=1S/C20H21N5O3/c1-27-18-9-7-15(8-10-18)21-20(26)24-12-17(13-24)25-11-16(22-23-25)14-28-19-5-3-2-4-6-19/h2-11,17H,12-14H2,1H3,(H,21,26). The Balaban J connectivity index is 1.25. The van der Waals surface area contributed by atoms with E-state index in [0.29, 0.717) is 19.7 Å². The first-order chi connectivity index (χ1) is 13.7. The lowest BCUT2D eigenvalue weighted by atomic mass is 10.1. The first-order valence-electron chi connectivity index (χ1n) is 9.00. The minimum Gasteiger partial charge on any atom is -0.497 e. The summed E-state index contributed by atoms with van der Waals surface area (Å²) >= 11 is 0. The van der Waals surface area contributed by atoms with E-state index < -0.39 is 0 Å². The normalized spacial score (nSPS) is 13.7. The highest BCUT2D eigenvalue weighted by molar-refractivity contribution is 5.89. The highest BCUT2D eigenvalue weighted by atomic mass is 16.5. The van der Waals surface area contributed by atoms with Crippen molar-refractivity contribution in [1.82, 2.24) is 19.9 Å². The van der Waals surface area contributed by atoms with Crippen molar-refractivity contribution >= 4 is 11.7 Å². The molecule has 1 saturated heterocycles. The molecule has 1 aliphatic heterocycles. The molecule has 2 heterocycles. The van der Waals surface area contributed by atoms with Crippen LogP contribution in [0, 0.1) is 0 Å². The summed E-state index contributed by atoms with van der Waals surface area (Å²) in [6.45, 7) is 1.53. The van der Waals surface area contributed by atoms with Crippen LogP contribution in [0.3, 0.4) is 0 Å². The molecule has 0 atom stereocenters. The summed E-state index contributed by atoms with van der Waals surface area (Å²) in [4.78, 5) is 14.0. The Hall–Kier alpha value is -3.55. The number of anilines is 1. The van der Waals surface area contributed by atoms with E-state index in [1.54, 1.807) is 16.7 Å². The lowest BCUT2D eigenvalue weighted by Gasteiger charge is -2.38. The summed E-state index contributed by atoms with van der Waals surface area (Å²) in [7, 11) is 1.61. The number of carbonyl (C=O) groups is 1. The minimum absolute atomic E-state index is 0.125. The van der Waals surface area contributed by atoms with Crippen LogP contribution < -0.4 is 14.8 Å². The lowest BCUT2D eigenvalue weighted by molar-refractivity contribution is 0.127. The van der Waals surface area contributed by atoms with Crippen LogP contribution in [0.25, 0.3) is 0 Å². The lowest BCUT2D eigenvalue weighted by Crippen LogP contribution is -2.52. The number of benzene rings is 2. The molecule has 1 fully saturated rings. The van der Waals surface area contributed by atoms with Gasteiger partial charge in [0.1, 0.15) is 23.8 Å². The fourth-order valence-electron chi connectivity index (χ4n) is 2.90. The number of carbonyl (C=O) groups excluding carboxylic acids is 1. The highest BCUT2D eigenvalue weighted by Gasteiger charge is 2.32. The van der Waals surface area contributed by atoms with Gasteiger partial charge < -0.3 is 19.7 Å². The van der Waals surface area contributed by atoms with E-state index in [0.717, 1.165) is 22.9 Å². The molecule has 0 aliphatic carbocycles. The number of hydrogen-bond donors (Lipinski definition) is 1. The molecule has 0 radical (unpaired) electrons. The number of nitrogens with zero attached hydrogens (tertiary/aromatic N) is 4. The molecule has 2 amide bonds. The van der Waals surface area contributed by atoms with E-state index >= 15 is 0 Å². The fourth-order valence-corrected chi connectivity index (χ4v) is 2.90. The second kappa shape index (κ2) is 7.99. The number of rotatable bonds is 6. The van der Waals surface area contributed by atoms with Crippen molar-refractivity contribution in [3.05, 3.63) is 66.5 Å². The summed E-state index contributed by atoms with van der Waals surface area (Å²) in [5.41, 5.74) is 1.49. The number of likely N-dealkylation sites (tertiary alicyclic amines) is 1. The molecule has 144 valence electrons. The van der Waals surface area contributed by atoms with Gasteiger partial charge in [0.05, 0.1) is 19.3 Å². The van der Waals surface area contributed by atoms with E-state index in [1.807, 2.05) is 60.8 Å². The van der Waals surface area contributed by atoms with Gasteiger partial charge in [-0.1, -0.05) is 23.4 Å². The molecule has 8 nitrogen and oxygen atoms in total. The quantitative estimate of drug-likeness (QED) is 0.712. The van der Waals surface area contributed by atoms with Gasteiger partial charge in [0.25, 0.3) is 0 Å². The number of nitrogens with one attached hydrogen (secondary N) is 1. The van der Waals surface area contributed by atoms with Gasteiger partial charge in [0, 0.05) is 18.8 Å². The van der Waals surface area contributed by atoms with E-state index in [4.69, 9.17) is 9.47 Å². The first kappa shape index (κ1) is 17.8. The van der Waals surface area contributed by atoms with Crippen molar-refractivity contribution in [3.63, 3.8) is 0 Å². The average molecular weight is 379 g/mol. The monoisotopic (exact) mass is 379 g/mol. The minimum atomic E-state index is -0.130. The van der Waals surface area contributed by atoms with Gasteiger partial charge in [-0.3, -0.25) is 0 Å². The third kappa shape index (κ3) is 4.06. The van der Waals surface area contributed by atoms with E-state index in [-0.39, 0.29) is 12.1 Å². The van der Waals surface area contributed by atoms with Crippen molar-refractivity contribution in [2.75, 3.05) is 25.5 Å². The molecule has 2 aromatic carbocycles. The summed E-state index contributed by atoms with van der Waals surface area (Å²) in [5, 5.41) is 11.2. The number of para-hydroxylation sites is 1. The Morgan fingerprint density at radius 3 is 2.57 bits per heavy atom. The molecule has 1 aliphatic rings. The van der Waals surface area contributed by atoms with Gasteiger partial charge >= 0.3 is 6.03 Å². The number of amides is 2. The van der Waals surface area contributed by atoms with Gasteiger partial charge in [-0.05, 0) is 36.4 Å². The number of hydrogen-bond acceptors (Lipinski definition) is 5. The van der Waals surface area contributed by atoms with Crippen molar-refractivity contribution < 1.29 is 14.3 Å². The average Bonchev–Trinajstić information content (AvgIpc) is 3.15. The Kier molecular flexibility index (Phi) is 5.09. The maximum atomic E-state index is 12.3. The Morgan fingerprint density at radius 1 is 1.11 bits per heavy atom. The molecule has 28 heavy (non-hydrogen) atoms. The second-order valence-electron chi connectivity index (χ2n) is 6.51. The topological polar surface area (TPSA) is 81.5 Å². The van der Waals surface area contributed by atoms with Crippen molar-refractivity contribution in [1.29, 1.82) is 0 Å². The predicted molar refractivity (Wildman–Crippen MR) is 103 cm³/mol. The van der Waals surface area contributed by atoms with Crippen molar-refractivity contribution in [2.24, 2.45) is 0 Å². The maximum absolute atomic E-state index is 12.3. The van der Waals surface area contributed by atoms with Crippen LogP contribution in [0.15, 0.2) is 60.8 Å². The molecule has 8 heteroatoms. The van der Waals surface area contributed by atoms with Crippen LogP contribution in [0.5, 0.6) is 11.5 Å². The van der Waals surface area contributed by atoms with E-state index in [2.05, 4.69) is 15.6 Å². The SMILES string of the molecule is COc1ccc(NC(=O)N2CC(n3cc(COc4ccccc4)nn3)C2)cc1. The number of urea groups is 1. The summed E-state index contributed by atoms with van der Waals surface area (Å²) in [6.07, 6.45) is 1.87. The molecular formula is C20H21N5O3. The van der Waals surface area contributed by atoms with Crippen LogP contribution in [0.4, 0.5) is 10.5 Å².